The molecule has 1 aromatic rings. The Morgan fingerprint density at radius 1 is 1.50 bits per heavy atom. The first-order valence-electron chi connectivity index (χ1n) is 6.34. The van der Waals surface area contributed by atoms with Crippen molar-refractivity contribution < 1.29 is 23.8 Å². The van der Waals surface area contributed by atoms with Crippen LogP contribution in [0.2, 0.25) is 0 Å². The van der Waals surface area contributed by atoms with E-state index in [9.17, 15) is 14.0 Å². The number of methoxy groups -OCH3 is 1. The molecule has 0 saturated carbocycles. The summed E-state index contributed by atoms with van der Waals surface area (Å²) in [5, 5.41) is 8.90. The molecule has 0 unspecified atom stereocenters. The van der Waals surface area contributed by atoms with Crippen LogP contribution in [0.3, 0.4) is 0 Å². The second-order valence-corrected chi connectivity index (χ2v) is 4.81. The predicted molar refractivity (Wildman–Crippen MR) is 69.0 cm³/mol. The minimum atomic E-state index is -0.879. The zero-order valence-electron chi connectivity index (χ0n) is 11.1. The van der Waals surface area contributed by atoms with Gasteiger partial charge in [-0.1, -0.05) is 6.07 Å². The highest BCUT2D eigenvalue weighted by Gasteiger charge is 2.30. The number of amides is 1. The molecule has 1 aromatic carbocycles. The Bertz CT molecular complexity index is 532. The van der Waals surface area contributed by atoms with Crippen LogP contribution >= 0.6 is 0 Å². The fourth-order valence-corrected chi connectivity index (χ4v) is 2.29. The number of aliphatic carboxylic acids is 1. The van der Waals surface area contributed by atoms with E-state index < -0.39 is 17.7 Å². The topological polar surface area (TPSA) is 66.8 Å². The number of nitrogens with zero attached hydrogens (tertiary/aromatic N) is 1. The first kappa shape index (κ1) is 14.3. The molecule has 1 N–H and O–H groups in total. The van der Waals surface area contributed by atoms with Gasteiger partial charge in [0.05, 0.1) is 19.4 Å². The Morgan fingerprint density at radius 3 is 2.80 bits per heavy atom. The predicted octanol–water partition coefficient (Wildman–Crippen LogP) is 1.31. The van der Waals surface area contributed by atoms with Crippen LogP contribution in [0, 0.1) is 11.7 Å². The zero-order valence-corrected chi connectivity index (χ0v) is 11.1. The summed E-state index contributed by atoms with van der Waals surface area (Å²) in [6, 6.07) is 4.37. The van der Waals surface area contributed by atoms with E-state index in [-0.39, 0.29) is 24.6 Å². The van der Waals surface area contributed by atoms with E-state index in [0.29, 0.717) is 18.5 Å². The Morgan fingerprint density at radius 2 is 2.25 bits per heavy atom. The largest absolute Gasteiger partial charge is 0.494 e. The van der Waals surface area contributed by atoms with Gasteiger partial charge in [-0.15, -0.1) is 0 Å². The molecule has 0 spiro atoms. The number of carbonyl (C=O) groups is 2. The Hall–Kier alpha value is -2.11. The van der Waals surface area contributed by atoms with Crippen LogP contribution in [0.5, 0.6) is 5.75 Å². The average Bonchev–Trinajstić information content (AvgIpc) is 2.88. The van der Waals surface area contributed by atoms with Crippen molar-refractivity contribution in [1.82, 2.24) is 4.90 Å². The summed E-state index contributed by atoms with van der Waals surface area (Å²) < 4.78 is 18.3. The molecule has 1 atom stereocenters. The number of rotatable bonds is 4. The summed E-state index contributed by atoms with van der Waals surface area (Å²) in [7, 11) is 1.37. The number of carboxylic acids is 1. The fraction of sp³-hybridized carbons (Fsp3) is 0.429. The molecular formula is C14H16FNO4. The summed E-state index contributed by atoms with van der Waals surface area (Å²) in [6.07, 6.45) is 0.533. The lowest BCUT2D eigenvalue weighted by atomic mass is 10.1. The first-order chi connectivity index (χ1) is 9.51. The lowest BCUT2D eigenvalue weighted by Crippen LogP contribution is -2.31. The molecule has 1 aliphatic rings. The van der Waals surface area contributed by atoms with Crippen LogP contribution in [0.15, 0.2) is 18.2 Å². The maximum absolute atomic E-state index is 13.5. The summed E-state index contributed by atoms with van der Waals surface area (Å²) in [5.41, 5.74) is 0.548. The van der Waals surface area contributed by atoms with E-state index in [1.54, 1.807) is 6.07 Å². The second-order valence-electron chi connectivity index (χ2n) is 4.81. The number of carbonyl (C=O) groups excluding carboxylic acids is 1. The highest BCUT2D eigenvalue weighted by Crippen LogP contribution is 2.20. The summed E-state index contributed by atoms with van der Waals surface area (Å²) >= 11 is 0. The van der Waals surface area contributed by atoms with Crippen molar-refractivity contribution in [2.75, 3.05) is 20.2 Å². The molecule has 0 aliphatic carbocycles. The number of ether oxygens (including phenoxy) is 1. The van der Waals surface area contributed by atoms with Gasteiger partial charge in [-0.05, 0) is 24.1 Å². The molecule has 1 amide bonds. The number of carboxylic acid groups (broad SMARTS) is 1. The zero-order chi connectivity index (χ0) is 14.7. The Kier molecular flexibility index (Phi) is 4.22. The van der Waals surface area contributed by atoms with Gasteiger partial charge in [-0.25, -0.2) is 4.39 Å². The van der Waals surface area contributed by atoms with Gasteiger partial charge >= 0.3 is 5.97 Å². The van der Waals surface area contributed by atoms with Crippen molar-refractivity contribution in [1.29, 1.82) is 0 Å². The maximum atomic E-state index is 13.5. The molecule has 1 aliphatic heterocycles. The fourth-order valence-electron chi connectivity index (χ4n) is 2.29. The smallest absolute Gasteiger partial charge is 0.308 e. The maximum Gasteiger partial charge on any atom is 0.308 e. The van der Waals surface area contributed by atoms with Crippen LogP contribution in [0.4, 0.5) is 4.39 Å². The van der Waals surface area contributed by atoms with Gasteiger partial charge in [0.2, 0.25) is 5.91 Å². The van der Waals surface area contributed by atoms with Crippen LogP contribution < -0.4 is 4.74 Å². The van der Waals surface area contributed by atoms with E-state index in [4.69, 9.17) is 9.84 Å². The highest BCUT2D eigenvalue weighted by atomic mass is 19.1. The quantitative estimate of drug-likeness (QED) is 0.903. The van der Waals surface area contributed by atoms with Crippen LogP contribution in [0.25, 0.3) is 0 Å². The molecule has 108 valence electrons. The highest BCUT2D eigenvalue weighted by molar-refractivity contribution is 5.80. The molecule has 20 heavy (non-hydrogen) atoms. The van der Waals surface area contributed by atoms with Gasteiger partial charge in [-0.3, -0.25) is 9.59 Å². The van der Waals surface area contributed by atoms with Gasteiger partial charge in [0.25, 0.3) is 0 Å². The van der Waals surface area contributed by atoms with E-state index >= 15 is 0 Å². The number of hydrogen-bond donors (Lipinski definition) is 1. The summed E-state index contributed by atoms with van der Waals surface area (Å²) in [6.45, 7) is 0.668. The van der Waals surface area contributed by atoms with E-state index in [1.165, 1.54) is 24.1 Å². The molecular weight excluding hydrogens is 265 g/mol. The van der Waals surface area contributed by atoms with Gasteiger partial charge in [0.1, 0.15) is 0 Å². The Balaban J connectivity index is 1.98. The lowest BCUT2D eigenvalue weighted by Gasteiger charge is -2.16. The molecule has 6 heteroatoms. The average molecular weight is 281 g/mol. The van der Waals surface area contributed by atoms with Crippen molar-refractivity contribution >= 4 is 11.9 Å². The van der Waals surface area contributed by atoms with Crippen molar-refractivity contribution in [3.63, 3.8) is 0 Å². The van der Waals surface area contributed by atoms with Gasteiger partial charge in [-0.2, -0.15) is 0 Å². The minimum Gasteiger partial charge on any atom is -0.494 e. The van der Waals surface area contributed by atoms with Crippen LogP contribution in [0.1, 0.15) is 12.0 Å². The molecule has 2 rings (SSSR count). The first-order valence-corrected chi connectivity index (χ1v) is 6.34. The number of hydrogen-bond acceptors (Lipinski definition) is 3. The lowest BCUT2D eigenvalue weighted by molar-refractivity contribution is -0.141. The summed E-state index contributed by atoms with van der Waals surface area (Å²) in [4.78, 5) is 24.4. The molecule has 0 radical (unpaired) electrons. The van der Waals surface area contributed by atoms with Crippen LogP contribution in [-0.2, 0) is 16.0 Å². The van der Waals surface area contributed by atoms with Crippen LogP contribution in [-0.4, -0.2) is 42.1 Å². The normalized spacial score (nSPS) is 18.1. The van der Waals surface area contributed by atoms with E-state index in [0.717, 1.165) is 0 Å². The van der Waals surface area contributed by atoms with Gasteiger partial charge in [0.15, 0.2) is 11.6 Å². The molecule has 1 saturated heterocycles. The molecule has 1 heterocycles. The standard InChI is InChI=1S/C14H16FNO4/c1-20-12-3-2-9(6-11(12)15)7-13(17)16-5-4-10(8-16)14(18)19/h2-3,6,10H,4-5,7-8H2,1H3,(H,18,19)/t10-/m1/s1. The third kappa shape index (κ3) is 3.07. The Labute approximate surface area is 116 Å². The van der Waals surface area contributed by atoms with Crippen molar-refractivity contribution in [2.24, 2.45) is 5.92 Å². The van der Waals surface area contributed by atoms with Crippen molar-refractivity contribution in [3.8, 4) is 5.75 Å². The van der Waals surface area contributed by atoms with E-state index in [1.807, 2.05) is 0 Å². The van der Waals surface area contributed by atoms with Gasteiger partial charge < -0.3 is 14.7 Å². The SMILES string of the molecule is COc1ccc(CC(=O)N2CC[C@@H](C(=O)O)C2)cc1F. The van der Waals surface area contributed by atoms with Crippen molar-refractivity contribution in [2.45, 2.75) is 12.8 Å². The summed E-state index contributed by atoms with van der Waals surface area (Å²) in [5.74, 6) is -1.93. The monoisotopic (exact) mass is 281 g/mol. The third-order valence-corrected chi connectivity index (χ3v) is 3.46. The molecule has 0 bridgehead atoms. The minimum absolute atomic E-state index is 0.0628. The van der Waals surface area contributed by atoms with Gasteiger partial charge in [0, 0.05) is 13.1 Å². The number of likely N-dealkylation sites (tertiary alicyclic amines) is 1. The second kappa shape index (κ2) is 5.90. The number of benzene rings is 1. The van der Waals surface area contributed by atoms with Crippen molar-refractivity contribution in [3.05, 3.63) is 29.6 Å². The molecule has 1 fully saturated rings. The third-order valence-electron chi connectivity index (χ3n) is 3.46. The number of halogens is 1. The molecule has 5 nitrogen and oxygen atoms in total. The van der Waals surface area contributed by atoms with E-state index in [2.05, 4.69) is 0 Å². The molecule has 0 aromatic heterocycles.